The molecule has 4 nitrogen and oxygen atoms in total. The van der Waals surface area contributed by atoms with Crippen molar-refractivity contribution in [2.24, 2.45) is 0 Å². The maximum atomic E-state index is 10.7. The Kier molecular flexibility index (Phi) is 4.13. The topological polar surface area (TPSA) is 62.2 Å². The van der Waals surface area contributed by atoms with Gasteiger partial charge in [-0.3, -0.25) is 4.98 Å². The molecule has 1 aromatic carbocycles. The van der Waals surface area contributed by atoms with Gasteiger partial charge in [-0.25, -0.2) is 4.79 Å². The number of carbonyl (C=O) groups is 1. The lowest BCUT2D eigenvalue weighted by Gasteiger charge is -2.10. The van der Waals surface area contributed by atoms with Crippen molar-refractivity contribution in [3.63, 3.8) is 0 Å². The lowest BCUT2D eigenvalue weighted by Crippen LogP contribution is -2.05. The molecule has 0 saturated carbocycles. The summed E-state index contributed by atoms with van der Waals surface area (Å²) in [4.78, 5) is 14.8. The fourth-order valence-corrected chi connectivity index (χ4v) is 1.84. The van der Waals surface area contributed by atoms with Gasteiger partial charge in [0.25, 0.3) is 0 Å². The fraction of sp³-hybridized carbons (Fsp3) is 0.200. The van der Waals surface area contributed by atoms with Gasteiger partial charge in [0.2, 0.25) is 0 Å². The second-order valence-corrected chi connectivity index (χ2v) is 4.21. The summed E-state index contributed by atoms with van der Waals surface area (Å²) in [6, 6.07) is 11.4. The number of carboxylic acids is 1. The van der Waals surface area contributed by atoms with E-state index in [1.54, 1.807) is 12.1 Å². The van der Waals surface area contributed by atoms with Crippen molar-refractivity contribution in [3.8, 4) is 0 Å². The van der Waals surface area contributed by atoms with Crippen molar-refractivity contribution >= 4 is 11.7 Å². The summed E-state index contributed by atoms with van der Waals surface area (Å²) in [7, 11) is 0. The number of hydrogen-bond donors (Lipinski definition) is 2. The van der Waals surface area contributed by atoms with Gasteiger partial charge in [0.15, 0.2) is 0 Å². The number of hydrogen-bond acceptors (Lipinski definition) is 3. The van der Waals surface area contributed by atoms with Crippen LogP contribution in [0.5, 0.6) is 0 Å². The average molecular weight is 256 g/mol. The molecule has 0 unspecified atom stereocenters. The van der Waals surface area contributed by atoms with E-state index in [1.807, 2.05) is 18.2 Å². The second-order valence-electron chi connectivity index (χ2n) is 4.21. The zero-order valence-corrected chi connectivity index (χ0v) is 10.8. The predicted octanol–water partition coefficient (Wildman–Crippen LogP) is 2.95. The summed E-state index contributed by atoms with van der Waals surface area (Å²) in [6.45, 7) is 2.69. The third kappa shape index (κ3) is 3.31. The minimum atomic E-state index is -0.955. The minimum Gasteiger partial charge on any atom is -0.478 e. The highest BCUT2D eigenvalue weighted by molar-refractivity contribution is 5.87. The van der Waals surface area contributed by atoms with Crippen LogP contribution in [0.25, 0.3) is 0 Å². The number of carboxylic acid groups (broad SMARTS) is 1. The number of aromatic carboxylic acids is 1. The number of aryl methyl sites for hydroxylation is 1. The first kappa shape index (κ1) is 13.1. The summed E-state index contributed by atoms with van der Waals surface area (Å²) in [5.41, 5.74) is 3.37. The molecule has 0 bridgehead atoms. The number of pyridine rings is 1. The van der Waals surface area contributed by atoms with Crippen LogP contribution in [0, 0.1) is 0 Å². The van der Waals surface area contributed by atoms with Crippen LogP contribution in [0.4, 0.5) is 5.69 Å². The first-order chi connectivity index (χ1) is 9.20. The van der Waals surface area contributed by atoms with Gasteiger partial charge in [0, 0.05) is 11.9 Å². The molecule has 2 rings (SSSR count). The summed E-state index contributed by atoms with van der Waals surface area (Å²) < 4.78 is 0. The van der Waals surface area contributed by atoms with Crippen LogP contribution in [0.15, 0.2) is 42.6 Å². The third-order valence-electron chi connectivity index (χ3n) is 2.93. The van der Waals surface area contributed by atoms with Gasteiger partial charge >= 0.3 is 5.97 Å². The Bertz CT molecular complexity index is 565. The first-order valence-electron chi connectivity index (χ1n) is 6.20. The molecule has 2 N–H and O–H groups in total. The smallest absolute Gasteiger partial charge is 0.337 e. The normalized spacial score (nSPS) is 10.2. The third-order valence-corrected chi connectivity index (χ3v) is 2.93. The van der Waals surface area contributed by atoms with E-state index in [4.69, 9.17) is 5.11 Å². The van der Waals surface area contributed by atoms with Crippen molar-refractivity contribution in [2.45, 2.75) is 19.9 Å². The molecule has 0 aliphatic carbocycles. The SMILES string of the molecule is CCc1ccccc1NCc1ccc(C(=O)O)cn1. The maximum Gasteiger partial charge on any atom is 0.337 e. The number of nitrogens with zero attached hydrogens (tertiary/aromatic N) is 1. The van der Waals surface area contributed by atoms with Gasteiger partial charge in [0.1, 0.15) is 0 Å². The Morgan fingerprint density at radius 3 is 2.68 bits per heavy atom. The van der Waals surface area contributed by atoms with Crippen LogP contribution in [0.1, 0.15) is 28.5 Å². The number of benzene rings is 1. The lowest BCUT2D eigenvalue weighted by molar-refractivity contribution is 0.0696. The minimum absolute atomic E-state index is 0.206. The van der Waals surface area contributed by atoms with Gasteiger partial charge in [-0.15, -0.1) is 0 Å². The van der Waals surface area contributed by atoms with Crippen LogP contribution in [0.2, 0.25) is 0 Å². The molecule has 0 saturated heterocycles. The van der Waals surface area contributed by atoms with Crippen LogP contribution in [-0.2, 0) is 13.0 Å². The number of anilines is 1. The Labute approximate surface area is 112 Å². The number of nitrogens with one attached hydrogen (secondary N) is 1. The molecule has 0 aliphatic heterocycles. The Balaban J connectivity index is 2.04. The molecule has 1 aromatic heterocycles. The molecule has 0 spiro atoms. The molecule has 4 heteroatoms. The average Bonchev–Trinajstić information content (AvgIpc) is 2.45. The van der Waals surface area contributed by atoms with Crippen LogP contribution in [0.3, 0.4) is 0 Å². The molecule has 0 amide bonds. The Hall–Kier alpha value is -2.36. The highest BCUT2D eigenvalue weighted by Gasteiger charge is 2.03. The van der Waals surface area contributed by atoms with E-state index in [2.05, 4.69) is 23.3 Å². The maximum absolute atomic E-state index is 10.7. The summed E-state index contributed by atoms with van der Waals surface area (Å²) >= 11 is 0. The molecule has 0 fully saturated rings. The summed E-state index contributed by atoms with van der Waals surface area (Å²) in [5, 5.41) is 12.1. The number of aromatic nitrogens is 1. The van der Waals surface area contributed by atoms with Crippen LogP contribution < -0.4 is 5.32 Å². The number of rotatable bonds is 5. The van der Waals surface area contributed by atoms with Crippen molar-refractivity contribution in [3.05, 3.63) is 59.4 Å². The van der Waals surface area contributed by atoms with E-state index < -0.39 is 5.97 Å². The largest absolute Gasteiger partial charge is 0.478 e. The molecule has 1 heterocycles. The van der Waals surface area contributed by atoms with Crippen LogP contribution in [-0.4, -0.2) is 16.1 Å². The van der Waals surface area contributed by atoms with E-state index in [1.165, 1.54) is 11.8 Å². The number of para-hydroxylation sites is 1. The Morgan fingerprint density at radius 2 is 2.05 bits per heavy atom. The van der Waals surface area contributed by atoms with Gasteiger partial charge < -0.3 is 10.4 Å². The van der Waals surface area contributed by atoms with E-state index in [0.29, 0.717) is 6.54 Å². The molecule has 0 radical (unpaired) electrons. The first-order valence-corrected chi connectivity index (χ1v) is 6.20. The van der Waals surface area contributed by atoms with E-state index in [9.17, 15) is 4.79 Å². The van der Waals surface area contributed by atoms with Crippen molar-refractivity contribution in [1.29, 1.82) is 0 Å². The molecule has 0 aliphatic rings. The van der Waals surface area contributed by atoms with Gasteiger partial charge in [-0.05, 0) is 30.2 Å². The molecule has 98 valence electrons. The highest BCUT2D eigenvalue weighted by Crippen LogP contribution is 2.16. The molecular weight excluding hydrogens is 240 g/mol. The zero-order valence-electron chi connectivity index (χ0n) is 10.8. The van der Waals surface area contributed by atoms with E-state index >= 15 is 0 Å². The van der Waals surface area contributed by atoms with Crippen LogP contribution >= 0.6 is 0 Å². The monoisotopic (exact) mass is 256 g/mol. The molecule has 0 atom stereocenters. The highest BCUT2D eigenvalue weighted by atomic mass is 16.4. The molecule has 2 aromatic rings. The standard InChI is InChI=1S/C15H16N2O2/c1-2-11-5-3-4-6-14(11)17-10-13-8-7-12(9-16-13)15(18)19/h3-9,17H,2,10H2,1H3,(H,18,19). The Morgan fingerprint density at radius 1 is 1.26 bits per heavy atom. The van der Waals surface area contributed by atoms with Gasteiger partial charge in [-0.2, -0.15) is 0 Å². The van der Waals surface area contributed by atoms with Crippen molar-refractivity contribution in [2.75, 3.05) is 5.32 Å². The molecular formula is C15H16N2O2. The summed E-state index contributed by atoms with van der Waals surface area (Å²) in [5.74, 6) is -0.955. The van der Waals surface area contributed by atoms with Crippen molar-refractivity contribution in [1.82, 2.24) is 4.98 Å². The quantitative estimate of drug-likeness (QED) is 0.863. The fourth-order valence-electron chi connectivity index (χ4n) is 1.84. The predicted molar refractivity (Wildman–Crippen MR) is 74.3 cm³/mol. The zero-order chi connectivity index (χ0) is 13.7. The van der Waals surface area contributed by atoms with E-state index in [-0.39, 0.29) is 5.56 Å². The summed E-state index contributed by atoms with van der Waals surface area (Å²) in [6.07, 6.45) is 2.35. The lowest BCUT2D eigenvalue weighted by atomic mass is 10.1. The van der Waals surface area contributed by atoms with E-state index in [0.717, 1.165) is 17.8 Å². The second kappa shape index (κ2) is 6.00. The molecule has 19 heavy (non-hydrogen) atoms. The van der Waals surface area contributed by atoms with Gasteiger partial charge in [-0.1, -0.05) is 25.1 Å². The van der Waals surface area contributed by atoms with Gasteiger partial charge in [0.05, 0.1) is 17.8 Å². The van der Waals surface area contributed by atoms with Crippen molar-refractivity contribution < 1.29 is 9.90 Å².